The molecule has 1 N–H and O–H groups in total. The van der Waals surface area contributed by atoms with Gasteiger partial charge in [-0.05, 0) is 25.0 Å². The van der Waals surface area contributed by atoms with Crippen LogP contribution in [0.4, 0.5) is 13.2 Å². The van der Waals surface area contributed by atoms with Gasteiger partial charge in [-0.2, -0.15) is 0 Å². The van der Waals surface area contributed by atoms with E-state index in [0.29, 0.717) is 0 Å². The Labute approximate surface area is 98.0 Å². The Morgan fingerprint density at radius 2 is 1.76 bits per heavy atom. The van der Waals surface area contributed by atoms with Gasteiger partial charge < -0.3 is 5.32 Å². The lowest BCUT2D eigenvalue weighted by Gasteiger charge is -2.35. The summed E-state index contributed by atoms with van der Waals surface area (Å²) in [6.07, 6.45) is 2.45. The lowest BCUT2D eigenvalue weighted by Crippen LogP contribution is -2.44. The molecule has 2 heterocycles. The topological polar surface area (TPSA) is 12.0 Å². The van der Waals surface area contributed by atoms with Crippen LogP contribution in [-0.2, 0) is 5.67 Å². The molecule has 17 heavy (non-hydrogen) atoms. The zero-order valence-electron chi connectivity index (χ0n) is 9.35. The molecular formula is C13H14F3N. The monoisotopic (exact) mass is 241 g/mol. The number of rotatable bonds is 1. The highest BCUT2D eigenvalue weighted by molar-refractivity contribution is 5.27. The average Bonchev–Trinajstić information content (AvgIpc) is 2.58. The molecule has 0 radical (unpaired) electrons. The highest BCUT2D eigenvalue weighted by Crippen LogP contribution is 2.44. The van der Waals surface area contributed by atoms with Gasteiger partial charge in [0, 0.05) is 36.6 Å². The van der Waals surface area contributed by atoms with Gasteiger partial charge in [-0.3, -0.25) is 0 Å². The summed E-state index contributed by atoms with van der Waals surface area (Å²) in [5.41, 5.74) is -1.63. The maximum Gasteiger partial charge on any atom is 0.141 e. The van der Waals surface area contributed by atoms with E-state index in [-0.39, 0.29) is 30.5 Å². The number of alkyl halides is 1. The van der Waals surface area contributed by atoms with Gasteiger partial charge in [0.25, 0.3) is 0 Å². The fourth-order valence-electron chi connectivity index (χ4n) is 3.16. The Kier molecular flexibility index (Phi) is 2.43. The number of hydrogen-bond acceptors (Lipinski definition) is 1. The normalized spacial score (nSPS) is 36.2. The largest absolute Gasteiger partial charge is 0.311 e. The van der Waals surface area contributed by atoms with Crippen molar-refractivity contribution in [1.29, 1.82) is 0 Å². The molecule has 3 rings (SSSR count). The molecule has 2 unspecified atom stereocenters. The molecular weight excluding hydrogens is 227 g/mol. The maximum absolute atomic E-state index is 14.8. The van der Waals surface area contributed by atoms with Crippen molar-refractivity contribution in [1.82, 2.24) is 5.32 Å². The molecule has 1 nitrogen and oxygen atoms in total. The number of nitrogens with one attached hydrogen (secondary N) is 1. The van der Waals surface area contributed by atoms with Gasteiger partial charge in [-0.25, -0.2) is 13.2 Å². The molecule has 92 valence electrons. The van der Waals surface area contributed by atoms with Crippen molar-refractivity contribution in [2.45, 2.75) is 43.4 Å². The Balaban J connectivity index is 1.97. The minimum atomic E-state index is -1.64. The highest BCUT2D eigenvalue weighted by atomic mass is 19.2. The summed E-state index contributed by atoms with van der Waals surface area (Å²) in [5, 5.41) is 3.31. The van der Waals surface area contributed by atoms with Crippen LogP contribution in [0.25, 0.3) is 0 Å². The second-order valence-corrected chi connectivity index (χ2v) is 5.14. The molecule has 2 saturated heterocycles. The number of benzene rings is 1. The predicted molar refractivity (Wildman–Crippen MR) is 58.3 cm³/mol. The molecule has 0 saturated carbocycles. The molecule has 2 fully saturated rings. The minimum absolute atomic E-state index is 0.0114. The van der Waals surface area contributed by atoms with Crippen LogP contribution in [0, 0.1) is 11.6 Å². The van der Waals surface area contributed by atoms with Crippen molar-refractivity contribution in [2.24, 2.45) is 0 Å². The van der Waals surface area contributed by atoms with E-state index in [2.05, 4.69) is 5.32 Å². The lowest BCUT2D eigenvalue weighted by atomic mass is 9.83. The Bertz CT molecular complexity index is 434. The summed E-state index contributed by atoms with van der Waals surface area (Å²) in [6, 6.07) is 3.39. The van der Waals surface area contributed by atoms with E-state index in [9.17, 15) is 13.2 Å². The second kappa shape index (κ2) is 3.73. The van der Waals surface area contributed by atoms with Crippen LogP contribution in [0.3, 0.4) is 0 Å². The van der Waals surface area contributed by atoms with Crippen molar-refractivity contribution >= 4 is 0 Å². The Hall–Kier alpha value is -1.03. The third kappa shape index (κ3) is 1.84. The van der Waals surface area contributed by atoms with Crippen LogP contribution in [0.15, 0.2) is 18.2 Å². The fraction of sp³-hybridized carbons (Fsp3) is 0.538. The van der Waals surface area contributed by atoms with Crippen molar-refractivity contribution < 1.29 is 13.2 Å². The van der Waals surface area contributed by atoms with Crippen LogP contribution in [0.2, 0.25) is 0 Å². The van der Waals surface area contributed by atoms with Gasteiger partial charge in [0.1, 0.15) is 17.3 Å². The van der Waals surface area contributed by atoms with Crippen molar-refractivity contribution in [3.8, 4) is 0 Å². The predicted octanol–water partition coefficient (Wildman–Crippen LogP) is 3.04. The SMILES string of the molecule is Fc1ccc(C2(F)CC3CCC(C2)N3)c(F)c1. The van der Waals surface area contributed by atoms with E-state index in [1.54, 1.807) is 0 Å². The number of fused-ring (bicyclic) bond motifs is 2. The van der Waals surface area contributed by atoms with Gasteiger partial charge in [-0.15, -0.1) is 0 Å². The third-order valence-electron chi connectivity index (χ3n) is 3.89. The molecule has 2 aliphatic heterocycles. The number of piperidine rings is 1. The van der Waals surface area contributed by atoms with Gasteiger partial charge in [0.05, 0.1) is 0 Å². The first kappa shape index (κ1) is 11.1. The van der Waals surface area contributed by atoms with Crippen LogP contribution < -0.4 is 5.32 Å². The third-order valence-corrected chi connectivity index (χ3v) is 3.89. The van der Waals surface area contributed by atoms with Crippen LogP contribution in [0.1, 0.15) is 31.2 Å². The van der Waals surface area contributed by atoms with Gasteiger partial charge >= 0.3 is 0 Å². The second-order valence-electron chi connectivity index (χ2n) is 5.14. The van der Waals surface area contributed by atoms with Crippen LogP contribution in [-0.4, -0.2) is 12.1 Å². The van der Waals surface area contributed by atoms with Gasteiger partial charge in [0.2, 0.25) is 0 Å². The molecule has 2 aliphatic rings. The summed E-state index contributed by atoms with van der Waals surface area (Å²) in [5.74, 6) is -1.43. The van der Waals surface area contributed by atoms with Crippen molar-refractivity contribution in [3.05, 3.63) is 35.4 Å². The molecule has 4 heteroatoms. The molecule has 0 amide bonds. The highest BCUT2D eigenvalue weighted by Gasteiger charge is 2.46. The van der Waals surface area contributed by atoms with E-state index >= 15 is 0 Å². The average molecular weight is 241 g/mol. The van der Waals surface area contributed by atoms with Crippen LogP contribution >= 0.6 is 0 Å². The fourth-order valence-corrected chi connectivity index (χ4v) is 3.16. The van der Waals surface area contributed by atoms with E-state index in [4.69, 9.17) is 0 Å². The molecule has 1 aromatic rings. The summed E-state index contributed by atoms with van der Waals surface area (Å²) < 4.78 is 41.3. The molecule has 0 spiro atoms. The van der Waals surface area contributed by atoms with Crippen molar-refractivity contribution in [2.75, 3.05) is 0 Å². The maximum atomic E-state index is 14.8. The molecule has 0 aromatic heterocycles. The summed E-state index contributed by atoms with van der Waals surface area (Å²) in [4.78, 5) is 0. The molecule has 2 atom stereocenters. The molecule has 1 aromatic carbocycles. The summed E-state index contributed by atoms with van der Waals surface area (Å²) >= 11 is 0. The van der Waals surface area contributed by atoms with E-state index in [1.807, 2.05) is 0 Å². The summed E-state index contributed by atoms with van der Waals surface area (Å²) in [6.45, 7) is 0. The molecule has 0 aliphatic carbocycles. The van der Waals surface area contributed by atoms with E-state index in [0.717, 1.165) is 25.0 Å². The zero-order chi connectivity index (χ0) is 12.0. The lowest BCUT2D eigenvalue weighted by molar-refractivity contribution is 0.0831. The number of halogens is 3. The van der Waals surface area contributed by atoms with E-state index in [1.165, 1.54) is 6.07 Å². The first-order valence-corrected chi connectivity index (χ1v) is 5.97. The smallest absolute Gasteiger partial charge is 0.141 e. The minimum Gasteiger partial charge on any atom is -0.311 e. The first-order valence-electron chi connectivity index (χ1n) is 5.97. The number of hydrogen-bond donors (Lipinski definition) is 1. The Morgan fingerprint density at radius 3 is 2.35 bits per heavy atom. The van der Waals surface area contributed by atoms with Gasteiger partial charge in [0.15, 0.2) is 0 Å². The molecule has 2 bridgehead atoms. The van der Waals surface area contributed by atoms with Crippen LogP contribution in [0.5, 0.6) is 0 Å². The first-order chi connectivity index (χ1) is 8.07. The van der Waals surface area contributed by atoms with Crippen molar-refractivity contribution in [3.63, 3.8) is 0 Å². The quantitative estimate of drug-likeness (QED) is 0.796. The summed E-state index contributed by atoms with van der Waals surface area (Å²) in [7, 11) is 0. The standard InChI is InChI=1S/C13H14F3N/c14-8-1-4-11(12(15)5-8)13(16)6-9-2-3-10(7-13)17-9/h1,4-5,9-10,17H,2-3,6-7H2. The zero-order valence-corrected chi connectivity index (χ0v) is 9.35. The Morgan fingerprint density at radius 1 is 1.12 bits per heavy atom. The van der Waals surface area contributed by atoms with E-state index < -0.39 is 17.3 Å². The van der Waals surface area contributed by atoms with Gasteiger partial charge in [-0.1, -0.05) is 0 Å².